The molecule has 1 heterocycles. The molecule has 6 heteroatoms. The molecule has 86 valence electrons. The van der Waals surface area contributed by atoms with Gasteiger partial charge in [-0.1, -0.05) is 23.7 Å². The lowest BCUT2D eigenvalue weighted by molar-refractivity contribution is 0.102. The highest BCUT2D eigenvalue weighted by atomic mass is 35.5. The maximum atomic E-state index is 11.7. The van der Waals surface area contributed by atoms with Gasteiger partial charge < -0.3 is 10.4 Å². The Morgan fingerprint density at radius 2 is 1.94 bits per heavy atom. The quantitative estimate of drug-likeness (QED) is 0.855. The van der Waals surface area contributed by atoms with Crippen LogP contribution in [0.15, 0.2) is 36.4 Å². The van der Waals surface area contributed by atoms with Gasteiger partial charge in [0.1, 0.15) is 5.75 Å². The minimum Gasteiger partial charge on any atom is -0.507 e. The highest BCUT2D eigenvalue weighted by molar-refractivity contribution is 6.29. The molecule has 2 N–H and O–H groups in total. The number of hydrogen-bond acceptors (Lipinski definition) is 4. The van der Waals surface area contributed by atoms with E-state index >= 15 is 0 Å². The monoisotopic (exact) mass is 249 g/mol. The van der Waals surface area contributed by atoms with Gasteiger partial charge in [0.2, 0.25) is 0 Å². The summed E-state index contributed by atoms with van der Waals surface area (Å²) in [5, 5.41) is 19.5. The predicted molar refractivity (Wildman–Crippen MR) is 63.1 cm³/mol. The molecular formula is C11H8ClN3O2. The SMILES string of the molecule is O=C(Nc1ccc(Cl)nn1)c1ccccc1O. The molecule has 0 radical (unpaired) electrons. The third kappa shape index (κ3) is 2.70. The molecule has 0 spiro atoms. The number of rotatable bonds is 2. The van der Waals surface area contributed by atoms with Crippen molar-refractivity contribution in [3.63, 3.8) is 0 Å². The molecule has 5 nitrogen and oxygen atoms in total. The topological polar surface area (TPSA) is 75.1 Å². The van der Waals surface area contributed by atoms with E-state index in [-0.39, 0.29) is 22.3 Å². The second-order valence-corrected chi connectivity index (χ2v) is 3.60. The second kappa shape index (κ2) is 4.80. The number of para-hydroxylation sites is 1. The summed E-state index contributed by atoms with van der Waals surface area (Å²) >= 11 is 5.56. The summed E-state index contributed by atoms with van der Waals surface area (Å²) in [6, 6.07) is 9.26. The Hall–Kier alpha value is -2.14. The molecule has 0 aliphatic heterocycles. The number of halogens is 1. The second-order valence-electron chi connectivity index (χ2n) is 3.21. The zero-order valence-electron chi connectivity index (χ0n) is 8.59. The van der Waals surface area contributed by atoms with Gasteiger partial charge in [0, 0.05) is 0 Å². The van der Waals surface area contributed by atoms with Crippen molar-refractivity contribution in [1.82, 2.24) is 10.2 Å². The Kier molecular flexibility index (Phi) is 3.20. The van der Waals surface area contributed by atoms with Crippen LogP contribution in [-0.2, 0) is 0 Å². The van der Waals surface area contributed by atoms with E-state index in [2.05, 4.69) is 15.5 Å². The van der Waals surface area contributed by atoms with E-state index in [1.54, 1.807) is 12.1 Å². The van der Waals surface area contributed by atoms with E-state index < -0.39 is 5.91 Å². The Morgan fingerprint density at radius 3 is 2.59 bits per heavy atom. The van der Waals surface area contributed by atoms with Crippen LogP contribution in [0.5, 0.6) is 5.75 Å². The molecular weight excluding hydrogens is 242 g/mol. The first-order valence-corrected chi connectivity index (χ1v) is 5.13. The lowest BCUT2D eigenvalue weighted by atomic mass is 10.2. The molecule has 1 aromatic heterocycles. The molecule has 2 aromatic rings. The number of aromatic nitrogens is 2. The van der Waals surface area contributed by atoms with Gasteiger partial charge in [-0.05, 0) is 24.3 Å². The lowest BCUT2D eigenvalue weighted by Crippen LogP contribution is -2.13. The Balaban J connectivity index is 2.17. The molecule has 0 saturated carbocycles. The zero-order valence-corrected chi connectivity index (χ0v) is 9.35. The number of aromatic hydroxyl groups is 1. The number of nitrogens with zero attached hydrogens (tertiary/aromatic N) is 2. The number of carbonyl (C=O) groups is 1. The van der Waals surface area contributed by atoms with E-state index in [1.807, 2.05) is 0 Å². The van der Waals surface area contributed by atoms with Crippen molar-refractivity contribution in [3.05, 3.63) is 47.1 Å². The van der Waals surface area contributed by atoms with Crippen LogP contribution in [-0.4, -0.2) is 21.2 Å². The number of amides is 1. The van der Waals surface area contributed by atoms with E-state index in [9.17, 15) is 9.90 Å². The molecule has 0 unspecified atom stereocenters. The summed E-state index contributed by atoms with van der Waals surface area (Å²) in [7, 11) is 0. The third-order valence-electron chi connectivity index (χ3n) is 2.02. The summed E-state index contributed by atoms with van der Waals surface area (Å²) in [6.07, 6.45) is 0. The van der Waals surface area contributed by atoms with Crippen LogP contribution >= 0.6 is 11.6 Å². The number of benzene rings is 1. The highest BCUT2D eigenvalue weighted by Crippen LogP contribution is 2.17. The molecule has 0 fully saturated rings. The fourth-order valence-corrected chi connectivity index (χ4v) is 1.33. The van der Waals surface area contributed by atoms with E-state index in [0.29, 0.717) is 0 Å². The lowest BCUT2D eigenvalue weighted by Gasteiger charge is -2.04. The van der Waals surface area contributed by atoms with Crippen LogP contribution in [0.1, 0.15) is 10.4 Å². The van der Waals surface area contributed by atoms with E-state index in [1.165, 1.54) is 24.3 Å². The first kappa shape index (κ1) is 11.3. The molecule has 0 saturated heterocycles. The van der Waals surface area contributed by atoms with Gasteiger partial charge in [0.05, 0.1) is 5.56 Å². The fourth-order valence-electron chi connectivity index (χ4n) is 1.23. The van der Waals surface area contributed by atoms with Crippen LogP contribution in [0.2, 0.25) is 5.15 Å². The molecule has 1 aromatic carbocycles. The fraction of sp³-hybridized carbons (Fsp3) is 0. The van der Waals surface area contributed by atoms with Crippen LogP contribution < -0.4 is 5.32 Å². The molecule has 0 atom stereocenters. The maximum absolute atomic E-state index is 11.7. The van der Waals surface area contributed by atoms with Crippen molar-refractivity contribution < 1.29 is 9.90 Å². The molecule has 0 aliphatic rings. The third-order valence-corrected chi connectivity index (χ3v) is 2.22. The standard InChI is InChI=1S/C11H8ClN3O2/c12-9-5-6-10(15-14-9)13-11(17)7-3-1-2-4-8(7)16/h1-6,16H,(H,13,15,17). The van der Waals surface area contributed by atoms with Crippen molar-refractivity contribution in [1.29, 1.82) is 0 Å². The number of carbonyl (C=O) groups excluding carboxylic acids is 1. The minimum absolute atomic E-state index is 0.0908. The molecule has 0 bridgehead atoms. The average Bonchev–Trinajstić information content (AvgIpc) is 2.32. The van der Waals surface area contributed by atoms with Crippen molar-refractivity contribution in [3.8, 4) is 5.75 Å². The van der Waals surface area contributed by atoms with Gasteiger partial charge in [-0.3, -0.25) is 4.79 Å². The Labute approximate surface area is 102 Å². The number of phenols is 1. The number of nitrogens with one attached hydrogen (secondary N) is 1. The van der Waals surface area contributed by atoms with Gasteiger partial charge in [-0.15, -0.1) is 10.2 Å². The van der Waals surface area contributed by atoms with Gasteiger partial charge in [0.25, 0.3) is 5.91 Å². The van der Waals surface area contributed by atoms with E-state index in [4.69, 9.17) is 11.6 Å². The molecule has 17 heavy (non-hydrogen) atoms. The number of phenolic OH excluding ortho intramolecular Hbond substituents is 1. The van der Waals surface area contributed by atoms with E-state index in [0.717, 1.165) is 0 Å². The van der Waals surface area contributed by atoms with Crippen LogP contribution in [0.3, 0.4) is 0 Å². The van der Waals surface area contributed by atoms with Gasteiger partial charge in [0.15, 0.2) is 11.0 Å². The van der Waals surface area contributed by atoms with Gasteiger partial charge in [-0.2, -0.15) is 0 Å². The summed E-state index contributed by atoms with van der Waals surface area (Å²) in [5.41, 5.74) is 0.171. The summed E-state index contributed by atoms with van der Waals surface area (Å²) in [5.74, 6) is -0.283. The van der Waals surface area contributed by atoms with Crippen molar-refractivity contribution in [2.24, 2.45) is 0 Å². The maximum Gasteiger partial charge on any atom is 0.260 e. The molecule has 0 aliphatic carbocycles. The Bertz CT molecular complexity index is 543. The Morgan fingerprint density at radius 1 is 1.18 bits per heavy atom. The van der Waals surface area contributed by atoms with Crippen molar-refractivity contribution in [2.45, 2.75) is 0 Å². The van der Waals surface area contributed by atoms with Crippen LogP contribution in [0.4, 0.5) is 5.82 Å². The normalized spacial score (nSPS) is 9.94. The molecule has 1 amide bonds. The van der Waals surface area contributed by atoms with Gasteiger partial charge >= 0.3 is 0 Å². The molecule has 2 rings (SSSR count). The average molecular weight is 250 g/mol. The van der Waals surface area contributed by atoms with Crippen molar-refractivity contribution >= 4 is 23.3 Å². The smallest absolute Gasteiger partial charge is 0.260 e. The zero-order chi connectivity index (χ0) is 12.3. The van der Waals surface area contributed by atoms with Crippen LogP contribution in [0.25, 0.3) is 0 Å². The summed E-state index contributed by atoms with van der Waals surface area (Å²) in [6.45, 7) is 0. The van der Waals surface area contributed by atoms with Crippen LogP contribution in [0, 0.1) is 0 Å². The highest BCUT2D eigenvalue weighted by Gasteiger charge is 2.10. The number of hydrogen-bond donors (Lipinski definition) is 2. The largest absolute Gasteiger partial charge is 0.507 e. The van der Waals surface area contributed by atoms with Crippen molar-refractivity contribution in [2.75, 3.05) is 5.32 Å². The first-order valence-electron chi connectivity index (χ1n) is 4.75. The number of anilines is 1. The minimum atomic E-state index is -0.459. The summed E-state index contributed by atoms with van der Waals surface area (Å²) < 4.78 is 0. The summed E-state index contributed by atoms with van der Waals surface area (Å²) in [4.78, 5) is 11.7. The first-order chi connectivity index (χ1) is 8.16. The van der Waals surface area contributed by atoms with Gasteiger partial charge in [-0.25, -0.2) is 0 Å². The predicted octanol–water partition coefficient (Wildman–Crippen LogP) is 2.09.